The molecule has 0 aliphatic carbocycles. The van der Waals surface area contributed by atoms with Gasteiger partial charge in [-0.15, -0.1) is 0 Å². The van der Waals surface area contributed by atoms with Crippen LogP contribution in [0.25, 0.3) is 6.08 Å². The molecule has 0 saturated carbocycles. The highest BCUT2D eigenvalue weighted by Gasteiger charge is 2.24. The molecule has 2 aromatic rings. The highest BCUT2D eigenvalue weighted by Crippen LogP contribution is 2.30. The minimum Gasteiger partial charge on any atom is -0.493 e. The molecule has 5 nitrogen and oxygen atoms in total. The van der Waals surface area contributed by atoms with E-state index in [-0.39, 0.29) is 11.6 Å². The molecule has 3 rings (SSSR count). The van der Waals surface area contributed by atoms with Crippen LogP contribution in [0.4, 0.5) is 0 Å². The second-order valence-corrected chi connectivity index (χ2v) is 6.29. The Balaban J connectivity index is 1.89. The van der Waals surface area contributed by atoms with Crippen molar-refractivity contribution in [3.63, 3.8) is 0 Å². The van der Waals surface area contributed by atoms with Gasteiger partial charge in [0, 0.05) is 5.56 Å². The molecule has 0 bridgehead atoms. The number of carbonyl (C=O) groups excluding carboxylic acids is 1. The van der Waals surface area contributed by atoms with Crippen molar-refractivity contribution in [3.05, 3.63) is 75.9 Å². The number of cyclic esters (lactones) is 1. The Morgan fingerprint density at radius 3 is 2.67 bits per heavy atom. The first-order chi connectivity index (χ1) is 13.0. The van der Waals surface area contributed by atoms with Gasteiger partial charge in [0.15, 0.2) is 17.2 Å². The quantitative estimate of drug-likeness (QED) is 0.390. The molecular weight excluding hydrogens is 389 g/mol. The van der Waals surface area contributed by atoms with Crippen LogP contribution in [0.2, 0.25) is 10.0 Å². The van der Waals surface area contributed by atoms with E-state index in [0.29, 0.717) is 39.3 Å². The number of hydrogen-bond donors (Lipinski definition) is 0. The summed E-state index contributed by atoms with van der Waals surface area (Å²) in [4.78, 5) is 16.4. The minimum absolute atomic E-state index is 0.165. The number of benzene rings is 2. The second kappa shape index (κ2) is 8.29. The molecule has 0 atom stereocenters. The van der Waals surface area contributed by atoms with E-state index >= 15 is 0 Å². The third-order valence-electron chi connectivity index (χ3n) is 3.63. The van der Waals surface area contributed by atoms with Gasteiger partial charge < -0.3 is 14.2 Å². The van der Waals surface area contributed by atoms with Crippen molar-refractivity contribution in [3.8, 4) is 11.5 Å². The highest BCUT2D eigenvalue weighted by atomic mass is 35.5. The largest absolute Gasteiger partial charge is 0.493 e. The van der Waals surface area contributed by atoms with Crippen molar-refractivity contribution < 1.29 is 19.0 Å². The number of hydrogen-bond acceptors (Lipinski definition) is 5. The van der Waals surface area contributed by atoms with E-state index in [4.69, 9.17) is 37.4 Å². The lowest BCUT2D eigenvalue weighted by atomic mass is 10.1. The van der Waals surface area contributed by atoms with E-state index in [9.17, 15) is 4.79 Å². The Morgan fingerprint density at radius 1 is 1.15 bits per heavy atom. The van der Waals surface area contributed by atoms with Gasteiger partial charge in [-0.1, -0.05) is 41.9 Å². The summed E-state index contributed by atoms with van der Waals surface area (Å²) in [5.41, 5.74) is 1.44. The zero-order valence-electron chi connectivity index (χ0n) is 14.4. The average Bonchev–Trinajstić information content (AvgIpc) is 3.03. The van der Waals surface area contributed by atoms with Crippen LogP contribution < -0.4 is 9.47 Å². The maximum absolute atomic E-state index is 12.1. The van der Waals surface area contributed by atoms with Crippen molar-refractivity contribution in [1.82, 2.24) is 0 Å². The molecule has 0 N–H and O–H groups in total. The molecule has 0 unspecified atom stereocenters. The van der Waals surface area contributed by atoms with Gasteiger partial charge in [0.1, 0.15) is 6.61 Å². The second-order valence-electron chi connectivity index (χ2n) is 5.47. The lowest BCUT2D eigenvalue weighted by molar-refractivity contribution is -0.129. The number of esters is 1. The summed E-state index contributed by atoms with van der Waals surface area (Å²) in [6.07, 6.45) is 3.25. The number of halogens is 2. The van der Waals surface area contributed by atoms with Crippen LogP contribution in [-0.2, 0) is 9.53 Å². The molecule has 0 fully saturated rings. The monoisotopic (exact) mass is 403 g/mol. The fraction of sp³-hybridized carbons (Fsp3) is 0.100. The van der Waals surface area contributed by atoms with Gasteiger partial charge in [0.05, 0.1) is 17.2 Å². The summed E-state index contributed by atoms with van der Waals surface area (Å²) in [6.45, 7) is 3.97. The Kier molecular flexibility index (Phi) is 5.84. The summed E-state index contributed by atoms with van der Waals surface area (Å²) in [5, 5.41) is 0.761. The third kappa shape index (κ3) is 4.32. The number of aliphatic imine (C=N–C) groups is 1. The zero-order valence-corrected chi connectivity index (χ0v) is 15.9. The summed E-state index contributed by atoms with van der Waals surface area (Å²) < 4.78 is 16.1. The summed E-state index contributed by atoms with van der Waals surface area (Å²) in [7, 11) is 1.54. The van der Waals surface area contributed by atoms with Crippen LogP contribution in [0, 0.1) is 0 Å². The molecule has 138 valence electrons. The van der Waals surface area contributed by atoms with Gasteiger partial charge >= 0.3 is 5.97 Å². The lowest BCUT2D eigenvalue weighted by Crippen LogP contribution is -2.05. The first-order valence-electron chi connectivity index (χ1n) is 7.91. The standard InChI is InChI=1S/C20H15Cl2NO4/c1-3-8-26-17-7-4-12(10-18(17)25-2)9-16-20(24)27-19(23-16)13-5-6-14(21)15(22)11-13/h3-7,9-11H,1,8H2,2H3/b16-9-. The van der Waals surface area contributed by atoms with Crippen LogP contribution in [0.5, 0.6) is 11.5 Å². The van der Waals surface area contributed by atoms with Gasteiger partial charge in [0.2, 0.25) is 5.90 Å². The molecule has 0 radical (unpaired) electrons. The highest BCUT2D eigenvalue weighted by molar-refractivity contribution is 6.42. The first-order valence-corrected chi connectivity index (χ1v) is 8.67. The molecule has 1 heterocycles. The Morgan fingerprint density at radius 2 is 1.96 bits per heavy atom. The van der Waals surface area contributed by atoms with Crippen LogP contribution in [0.3, 0.4) is 0 Å². The fourth-order valence-corrected chi connectivity index (χ4v) is 2.66. The van der Waals surface area contributed by atoms with Gasteiger partial charge in [-0.3, -0.25) is 0 Å². The SMILES string of the molecule is C=CCOc1ccc(/C=C2\N=C(c3ccc(Cl)c(Cl)c3)OC2=O)cc1OC. The van der Waals surface area contributed by atoms with E-state index in [1.165, 1.54) is 7.11 Å². The number of nitrogens with zero attached hydrogens (tertiary/aromatic N) is 1. The summed E-state index contributed by atoms with van der Waals surface area (Å²) >= 11 is 11.9. The van der Waals surface area contributed by atoms with E-state index < -0.39 is 5.97 Å². The molecule has 0 amide bonds. The van der Waals surface area contributed by atoms with Crippen molar-refractivity contribution in [1.29, 1.82) is 0 Å². The van der Waals surface area contributed by atoms with Crippen LogP contribution in [-0.4, -0.2) is 25.6 Å². The average molecular weight is 404 g/mol. The number of carbonyl (C=O) groups is 1. The van der Waals surface area contributed by atoms with Crippen LogP contribution in [0.15, 0.2) is 59.7 Å². The van der Waals surface area contributed by atoms with E-state index in [0.717, 1.165) is 0 Å². The molecule has 7 heteroatoms. The fourth-order valence-electron chi connectivity index (χ4n) is 2.36. The topological polar surface area (TPSA) is 57.1 Å². The molecule has 0 aromatic heterocycles. The zero-order chi connectivity index (χ0) is 19.4. The number of methoxy groups -OCH3 is 1. The molecule has 2 aromatic carbocycles. The van der Waals surface area contributed by atoms with Gasteiger partial charge in [-0.2, -0.15) is 0 Å². The Bertz CT molecular complexity index is 966. The minimum atomic E-state index is -0.554. The normalized spacial score (nSPS) is 14.7. The van der Waals surface area contributed by atoms with Crippen molar-refractivity contribution in [2.75, 3.05) is 13.7 Å². The maximum atomic E-state index is 12.1. The number of ether oxygens (including phenoxy) is 3. The van der Waals surface area contributed by atoms with E-state index in [1.807, 2.05) is 0 Å². The Labute approximate surface area is 166 Å². The molecular formula is C20H15Cl2NO4. The van der Waals surface area contributed by atoms with Crippen LogP contribution in [0.1, 0.15) is 11.1 Å². The Hall–Kier alpha value is -2.76. The van der Waals surface area contributed by atoms with E-state index in [2.05, 4.69) is 11.6 Å². The molecule has 0 saturated heterocycles. The smallest absolute Gasteiger partial charge is 0.363 e. The molecule has 1 aliphatic heterocycles. The van der Waals surface area contributed by atoms with Crippen molar-refractivity contribution in [2.24, 2.45) is 4.99 Å². The van der Waals surface area contributed by atoms with Gasteiger partial charge in [-0.25, -0.2) is 9.79 Å². The molecule has 1 aliphatic rings. The molecule has 27 heavy (non-hydrogen) atoms. The lowest BCUT2D eigenvalue weighted by Gasteiger charge is -2.09. The summed E-state index contributed by atoms with van der Waals surface area (Å²) in [6, 6.07) is 10.2. The van der Waals surface area contributed by atoms with Crippen molar-refractivity contribution >= 4 is 41.1 Å². The molecule has 0 spiro atoms. The van der Waals surface area contributed by atoms with E-state index in [1.54, 1.807) is 48.6 Å². The van der Waals surface area contributed by atoms with Crippen LogP contribution >= 0.6 is 23.2 Å². The predicted octanol–water partition coefficient (Wildman–Crippen LogP) is 4.91. The first kappa shape index (κ1) is 19.0. The summed E-state index contributed by atoms with van der Waals surface area (Å²) in [5.74, 6) is 0.726. The van der Waals surface area contributed by atoms with Gasteiger partial charge in [-0.05, 0) is 42.0 Å². The van der Waals surface area contributed by atoms with Gasteiger partial charge in [0.25, 0.3) is 0 Å². The number of rotatable bonds is 6. The third-order valence-corrected chi connectivity index (χ3v) is 4.37. The van der Waals surface area contributed by atoms with Crippen molar-refractivity contribution in [2.45, 2.75) is 0 Å². The predicted molar refractivity (Wildman–Crippen MR) is 106 cm³/mol. The maximum Gasteiger partial charge on any atom is 0.363 e.